The maximum atomic E-state index is 12.5. The lowest BCUT2D eigenvalue weighted by molar-refractivity contribution is 0.104. The molecule has 0 spiro atoms. The van der Waals surface area contributed by atoms with Gasteiger partial charge in [-0.1, -0.05) is 6.08 Å². The minimum atomic E-state index is -0.187. The Kier molecular flexibility index (Phi) is 5.84. The summed E-state index contributed by atoms with van der Waals surface area (Å²) in [6.45, 7) is 0. The van der Waals surface area contributed by atoms with E-state index in [1.807, 2.05) is 12.1 Å². The van der Waals surface area contributed by atoms with Gasteiger partial charge in [-0.25, -0.2) is 0 Å². The molecule has 0 heterocycles. The molecule has 0 bridgehead atoms. The van der Waals surface area contributed by atoms with Gasteiger partial charge in [0.25, 0.3) is 0 Å². The van der Waals surface area contributed by atoms with Crippen LogP contribution in [0.25, 0.3) is 6.08 Å². The van der Waals surface area contributed by atoms with Crippen LogP contribution in [-0.4, -0.2) is 34.2 Å². The van der Waals surface area contributed by atoms with Crippen molar-refractivity contribution >= 4 is 11.9 Å². The number of allylic oxidation sites excluding steroid dienone is 1. The van der Waals surface area contributed by atoms with Crippen LogP contribution in [0.15, 0.2) is 42.5 Å². The van der Waals surface area contributed by atoms with E-state index in [0.29, 0.717) is 28.6 Å². The molecule has 5 nitrogen and oxygen atoms in total. The van der Waals surface area contributed by atoms with Gasteiger partial charge >= 0.3 is 0 Å². The third-order valence-corrected chi connectivity index (χ3v) is 3.47. The first-order valence-electron chi connectivity index (χ1n) is 7.28. The van der Waals surface area contributed by atoms with E-state index in [9.17, 15) is 4.79 Å². The van der Waals surface area contributed by atoms with E-state index in [4.69, 9.17) is 18.9 Å². The van der Waals surface area contributed by atoms with Gasteiger partial charge in [0.05, 0.1) is 34.0 Å². The lowest BCUT2D eigenvalue weighted by Gasteiger charge is -2.08. The Morgan fingerprint density at radius 3 is 1.96 bits per heavy atom. The standard InChI is InChI=1S/C19H20O5/c1-21-14-6-8-19(24-4)17(12-14)18(20)7-5-13-9-15(22-2)11-16(10-13)23-3/h5-12H,1-4H3/b7-5+. The number of ether oxygens (including phenoxy) is 4. The predicted octanol–water partition coefficient (Wildman–Crippen LogP) is 3.62. The Balaban J connectivity index is 2.31. The number of benzene rings is 2. The maximum absolute atomic E-state index is 12.5. The summed E-state index contributed by atoms with van der Waals surface area (Å²) in [6.07, 6.45) is 3.18. The van der Waals surface area contributed by atoms with Crippen molar-refractivity contribution in [3.63, 3.8) is 0 Å². The molecule has 0 N–H and O–H groups in total. The van der Waals surface area contributed by atoms with E-state index in [1.165, 1.54) is 13.2 Å². The first-order chi connectivity index (χ1) is 11.6. The fourth-order valence-corrected chi connectivity index (χ4v) is 2.19. The van der Waals surface area contributed by atoms with Crippen molar-refractivity contribution in [1.82, 2.24) is 0 Å². The molecule has 2 rings (SSSR count). The molecular formula is C19H20O5. The zero-order valence-corrected chi connectivity index (χ0v) is 14.2. The van der Waals surface area contributed by atoms with Gasteiger partial charge in [0.2, 0.25) is 0 Å². The predicted molar refractivity (Wildman–Crippen MR) is 92.5 cm³/mol. The highest BCUT2D eigenvalue weighted by atomic mass is 16.5. The highest BCUT2D eigenvalue weighted by molar-refractivity contribution is 6.08. The molecule has 0 saturated carbocycles. The van der Waals surface area contributed by atoms with Crippen LogP contribution >= 0.6 is 0 Å². The summed E-state index contributed by atoms with van der Waals surface area (Å²) in [5.41, 5.74) is 1.23. The molecule has 126 valence electrons. The third kappa shape index (κ3) is 4.07. The van der Waals surface area contributed by atoms with Gasteiger partial charge in [-0.15, -0.1) is 0 Å². The van der Waals surface area contributed by atoms with Gasteiger partial charge in [0, 0.05) is 6.07 Å². The van der Waals surface area contributed by atoms with Crippen molar-refractivity contribution in [2.75, 3.05) is 28.4 Å². The molecule has 0 atom stereocenters. The van der Waals surface area contributed by atoms with Crippen molar-refractivity contribution in [1.29, 1.82) is 0 Å². The summed E-state index contributed by atoms with van der Waals surface area (Å²) in [7, 11) is 6.23. The summed E-state index contributed by atoms with van der Waals surface area (Å²) in [4.78, 5) is 12.5. The number of carbonyl (C=O) groups excluding carboxylic acids is 1. The smallest absolute Gasteiger partial charge is 0.189 e. The summed E-state index contributed by atoms with van der Waals surface area (Å²) >= 11 is 0. The second-order valence-corrected chi connectivity index (χ2v) is 4.91. The van der Waals surface area contributed by atoms with Gasteiger partial charge < -0.3 is 18.9 Å². The highest BCUT2D eigenvalue weighted by Crippen LogP contribution is 2.26. The second kappa shape index (κ2) is 8.06. The van der Waals surface area contributed by atoms with E-state index < -0.39 is 0 Å². The number of carbonyl (C=O) groups is 1. The molecule has 2 aromatic rings. The zero-order chi connectivity index (χ0) is 17.5. The average Bonchev–Trinajstić information content (AvgIpc) is 2.64. The first kappa shape index (κ1) is 17.4. The summed E-state index contributed by atoms with van der Waals surface area (Å²) in [5, 5.41) is 0. The molecule has 0 saturated heterocycles. The molecular weight excluding hydrogens is 308 g/mol. The quantitative estimate of drug-likeness (QED) is 0.574. The highest BCUT2D eigenvalue weighted by Gasteiger charge is 2.11. The Labute approximate surface area is 141 Å². The van der Waals surface area contributed by atoms with Crippen LogP contribution in [0.2, 0.25) is 0 Å². The Morgan fingerprint density at radius 1 is 0.792 bits per heavy atom. The SMILES string of the molecule is COc1cc(/C=C/C(=O)c2cc(OC)ccc2OC)cc(OC)c1. The number of hydrogen-bond acceptors (Lipinski definition) is 5. The van der Waals surface area contributed by atoms with E-state index in [-0.39, 0.29) is 5.78 Å². The van der Waals surface area contributed by atoms with Gasteiger partial charge in [-0.2, -0.15) is 0 Å². The van der Waals surface area contributed by atoms with Crippen LogP contribution in [0.3, 0.4) is 0 Å². The first-order valence-corrected chi connectivity index (χ1v) is 7.28. The number of hydrogen-bond donors (Lipinski definition) is 0. The fourth-order valence-electron chi connectivity index (χ4n) is 2.19. The monoisotopic (exact) mass is 328 g/mol. The zero-order valence-electron chi connectivity index (χ0n) is 14.2. The normalized spacial score (nSPS) is 10.5. The summed E-state index contributed by atoms with van der Waals surface area (Å²) in [6, 6.07) is 10.5. The molecule has 0 radical (unpaired) electrons. The molecule has 0 fully saturated rings. The number of rotatable bonds is 7. The van der Waals surface area contributed by atoms with Crippen molar-refractivity contribution < 1.29 is 23.7 Å². The minimum absolute atomic E-state index is 0.187. The van der Waals surface area contributed by atoms with E-state index >= 15 is 0 Å². The number of ketones is 1. The molecule has 0 amide bonds. The molecule has 0 aliphatic heterocycles. The van der Waals surface area contributed by atoms with Crippen molar-refractivity contribution in [3.8, 4) is 23.0 Å². The second-order valence-electron chi connectivity index (χ2n) is 4.91. The molecule has 2 aromatic carbocycles. The summed E-state index contributed by atoms with van der Waals surface area (Å²) < 4.78 is 20.8. The van der Waals surface area contributed by atoms with Gasteiger partial charge in [0.15, 0.2) is 5.78 Å². The molecule has 5 heteroatoms. The Bertz CT molecular complexity index is 727. The molecule has 0 aliphatic carbocycles. The fraction of sp³-hybridized carbons (Fsp3) is 0.211. The van der Waals surface area contributed by atoms with Crippen molar-refractivity contribution in [2.24, 2.45) is 0 Å². The van der Waals surface area contributed by atoms with Crippen LogP contribution in [0.5, 0.6) is 23.0 Å². The number of methoxy groups -OCH3 is 4. The minimum Gasteiger partial charge on any atom is -0.497 e. The van der Waals surface area contributed by atoms with Crippen molar-refractivity contribution in [2.45, 2.75) is 0 Å². The van der Waals surface area contributed by atoms with Crippen LogP contribution in [0.4, 0.5) is 0 Å². The lowest BCUT2D eigenvalue weighted by Crippen LogP contribution is -2.00. The van der Waals surface area contributed by atoms with Gasteiger partial charge in [-0.05, 0) is 42.0 Å². The van der Waals surface area contributed by atoms with Crippen LogP contribution < -0.4 is 18.9 Å². The van der Waals surface area contributed by atoms with E-state index in [1.54, 1.807) is 51.7 Å². The van der Waals surface area contributed by atoms with Crippen molar-refractivity contribution in [3.05, 3.63) is 53.6 Å². The van der Waals surface area contributed by atoms with E-state index in [0.717, 1.165) is 5.56 Å². The van der Waals surface area contributed by atoms with E-state index in [2.05, 4.69) is 0 Å². The van der Waals surface area contributed by atoms with Crippen LogP contribution in [-0.2, 0) is 0 Å². The van der Waals surface area contributed by atoms with Gasteiger partial charge in [-0.3, -0.25) is 4.79 Å². The third-order valence-electron chi connectivity index (χ3n) is 3.47. The topological polar surface area (TPSA) is 54.0 Å². The summed E-state index contributed by atoms with van der Waals surface area (Å²) in [5.74, 6) is 2.21. The lowest BCUT2D eigenvalue weighted by atomic mass is 10.1. The average molecular weight is 328 g/mol. The van der Waals surface area contributed by atoms with Crippen LogP contribution in [0, 0.1) is 0 Å². The van der Waals surface area contributed by atoms with Crippen LogP contribution in [0.1, 0.15) is 15.9 Å². The largest absolute Gasteiger partial charge is 0.497 e. The molecule has 0 aliphatic rings. The van der Waals surface area contributed by atoms with Gasteiger partial charge in [0.1, 0.15) is 23.0 Å². The Hall–Kier alpha value is -2.95. The molecule has 0 aromatic heterocycles. The molecule has 24 heavy (non-hydrogen) atoms. The maximum Gasteiger partial charge on any atom is 0.189 e. The Morgan fingerprint density at radius 2 is 1.42 bits per heavy atom. The molecule has 0 unspecified atom stereocenters.